The van der Waals surface area contributed by atoms with Crippen molar-refractivity contribution >= 4 is 5.97 Å². The van der Waals surface area contributed by atoms with E-state index >= 15 is 0 Å². The molecular formula is C11H22O3. The summed E-state index contributed by atoms with van der Waals surface area (Å²) in [5, 5.41) is 0. The Morgan fingerprint density at radius 3 is 2.43 bits per heavy atom. The van der Waals surface area contributed by atoms with Gasteiger partial charge in [0, 0.05) is 13.0 Å². The van der Waals surface area contributed by atoms with Crippen LogP contribution in [0.4, 0.5) is 0 Å². The Bertz CT molecular complexity index is 155. The van der Waals surface area contributed by atoms with Gasteiger partial charge < -0.3 is 9.47 Å². The van der Waals surface area contributed by atoms with Gasteiger partial charge in [-0.3, -0.25) is 4.79 Å². The van der Waals surface area contributed by atoms with Gasteiger partial charge in [-0.2, -0.15) is 0 Å². The SMILES string of the molecule is CCCOC(C)COC(=O)CC(C)C. The monoisotopic (exact) mass is 202 g/mol. The van der Waals surface area contributed by atoms with E-state index in [1.54, 1.807) is 0 Å². The maximum Gasteiger partial charge on any atom is 0.306 e. The fourth-order valence-electron chi connectivity index (χ4n) is 0.970. The maximum absolute atomic E-state index is 11.2. The Morgan fingerprint density at radius 1 is 1.29 bits per heavy atom. The van der Waals surface area contributed by atoms with E-state index in [0.717, 1.165) is 13.0 Å². The molecule has 0 radical (unpaired) electrons. The van der Waals surface area contributed by atoms with Crippen LogP contribution in [0, 0.1) is 5.92 Å². The Kier molecular flexibility index (Phi) is 7.48. The number of carbonyl (C=O) groups excluding carboxylic acids is 1. The minimum absolute atomic E-state index is 0.00561. The van der Waals surface area contributed by atoms with Crippen molar-refractivity contribution in [3.63, 3.8) is 0 Å². The first-order valence-corrected chi connectivity index (χ1v) is 5.33. The van der Waals surface area contributed by atoms with Crippen LogP contribution < -0.4 is 0 Å². The topological polar surface area (TPSA) is 35.5 Å². The average Bonchev–Trinajstić information content (AvgIpc) is 2.10. The maximum atomic E-state index is 11.2. The van der Waals surface area contributed by atoms with Crippen molar-refractivity contribution in [1.82, 2.24) is 0 Å². The molecule has 0 aliphatic heterocycles. The van der Waals surface area contributed by atoms with Crippen LogP contribution in [0.1, 0.15) is 40.5 Å². The van der Waals surface area contributed by atoms with E-state index in [4.69, 9.17) is 9.47 Å². The van der Waals surface area contributed by atoms with Crippen molar-refractivity contribution < 1.29 is 14.3 Å². The molecule has 0 heterocycles. The molecular weight excluding hydrogens is 180 g/mol. The fraction of sp³-hybridized carbons (Fsp3) is 0.909. The Balaban J connectivity index is 3.45. The number of carbonyl (C=O) groups is 1. The van der Waals surface area contributed by atoms with E-state index in [1.165, 1.54) is 0 Å². The molecule has 0 aliphatic rings. The summed E-state index contributed by atoms with van der Waals surface area (Å²) in [6.07, 6.45) is 1.48. The zero-order valence-electron chi connectivity index (χ0n) is 9.71. The largest absolute Gasteiger partial charge is 0.463 e. The van der Waals surface area contributed by atoms with Gasteiger partial charge in [-0.1, -0.05) is 20.8 Å². The molecule has 3 nitrogen and oxygen atoms in total. The third kappa shape index (κ3) is 8.05. The van der Waals surface area contributed by atoms with Gasteiger partial charge in [0.15, 0.2) is 0 Å². The van der Waals surface area contributed by atoms with Crippen LogP contribution in [-0.2, 0) is 14.3 Å². The van der Waals surface area contributed by atoms with E-state index in [9.17, 15) is 4.79 Å². The van der Waals surface area contributed by atoms with Gasteiger partial charge in [0.2, 0.25) is 0 Å². The van der Waals surface area contributed by atoms with Crippen molar-refractivity contribution in [2.24, 2.45) is 5.92 Å². The van der Waals surface area contributed by atoms with Crippen LogP contribution >= 0.6 is 0 Å². The smallest absolute Gasteiger partial charge is 0.306 e. The lowest BCUT2D eigenvalue weighted by molar-refractivity contribution is -0.148. The molecule has 14 heavy (non-hydrogen) atoms. The fourth-order valence-corrected chi connectivity index (χ4v) is 0.970. The predicted octanol–water partition coefficient (Wildman–Crippen LogP) is 2.39. The van der Waals surface area contributed by atoms with Crippen molar-refractivity contribution in [1.29, 1.82) is 0 Å². The summed E-state index contributed by atoms with van der Waals surface area (Å²) < 4.78 is 10.4. The van der Waals surface area contributed by atoms with E-state index in [-0.39, 0.29) is 12.1 Å². The van der Waals surface area contributed by atoms with Crippen molar-refractivity contribution in [3.05, 3.63) is 0 Å². The van der Waals surface area contributed by atoms with E-state index in [1.807, 2.05) is 20.8 Å². The molecule has 0 saturated carbocycles. The Morgan fingerprint density at radius 2 is 1.93 bits per heavy atom. The predicted molar refractivity (Wildman–Crippen MR) is 56.1 cm³/mol. The number of ether oxygens (including phenoxy) is 2. The number of rotatable bonds is 7. The summed E-state index contributed by atoms with van der Waals surface area (Å²) >= 11 is 0. The highest BCUT2D eigenvalue weighted by atomic mass is 16.6. The van der Waals surface area contributed by atoms with Gasteiger partial charge in [-0.05, 0) is 19.3 Å². The summed E-state index contributed by atoms with van der Waals surface area (Å²) in [5.74, 6) is 0.223. The summed E-state index contributed by atoms with van der Waals surface area (Å²) in [6.45, 7) is 9.06. The molecule has 1 atom stereocenters. The number of hydrogen-bond acceptors (Lipinski definition) is 3. The molecule has 0 rings (SSSR count). The van der Waals surface area contributed by atoms with Crippen LogP contribution in [0.25, 0.3) is 0 Å². The summed E-state index contributed by atoms with van der Waals surface area (Å²) in [5.41, 5.74) is 0. The zero-order valence-corrected chi connectivity index (χ0v) is 9.71. The minimum atomic E-state index is -0.132. The summed E-state index contributed by atoms with van der Waals surface area (Å²) in [4.78, 5) is 11.2. The van der Waals surface area contributed by atoms with Crippen LogP contribution in [0.2, 0.25) is 0 Å². The first-order chi connectivity index (χ1) is 6.56. The zero-order chi connectivity index (χ0) is 11.0. The summed E-state index contributed by atoms with van der Waals surface area (Å²) in [6, 6.07) is 0. The van der Waals surface area contributed by atoms with Gasteiger partial charge in [0.05, 0.1) is 6.10 Å². The van der Waals surface area contributed by atoms with Gasteiger partial charge >= 0.3 is 5.97 Å². The highest BCUT2D eigenvalue weighted by Crippen LogP contribution is 2.02. The molecule has 3 heteroatoms. The lowest BCUT2D eigenvalue weighted by Gasteiger charge is -2.13. The lowest BCUT2D eigenvalue weighted by Crippen LogP contribution is -2.20. The Labute approximate surface area is 86.8 Å². The first-order valence-electron chi connectivity index (χ1n) is 5.33. The summed E-state index contributed by atoms with van der Waals surface area (Å²) in [7, 11) is 0. The molecule has 0 N–H and O–H groups in total. The second kappa shape index (κ2) is 7.80. The molecule has 84 valence electrons. The van der Waals surface area contributed by atoms with E-state index < -0.39 is 0 Å². The molecule has 0 aromatic rings. The van der Waals surface area contributed by atoms with Crippen molar-refractivity contribution in [3.8, 4) is 0 Å². The molecule has 0 fully saturated rings. The standard InChI is InChI=1S/C11H22O3/c1-5-6-13-10(4)8-14-11(12)7-9(2)3/h9-10H,5-8H2,1-4H3. The van der Waals surface area contributed by atoms with Gasteiger partial charge in [0.25, 0.3) is 0 Å². The third-order valence-electron chi connectivity index (χ3n) is 1.66. The highest BCUT2D eigenvalue weighted by molar-refractivity contribution is 5.69. The van der Waals surface area contributed by atoms with Crippen molar-refractivity contribution in [2.45, 2.75) is 46.6 Å². The average molecular weight is 202 g/mol. The van der Waals surface area contributed by atoms with Gasteiger partial charge in [0.1, 0.15) is 6.61 Å². The molecule has 0 saturated heterocycles. The second-order valence-corrected chi connectivity index (χ2v) is 3.96. The first kappa shape index (κ1) is 13.4. The Hall–Kier alpha value is -0.570. The lowest BCUT2D eigenvalue weighted by atomic mass is 10.1. The number of hydrogen-bond donors (Lipinski definition) is 0. The third-order valence-corrected chi connectivity index (χ3v) is 1.66. The van der Waals surface area contributed by atoms with E-state index in [0.29, 0.717) is 18.9 Å². The molecule has 0 aromatic heterocycles. The second-order valence-electron chi connectivity index (χ2n) is 3.96. The van der Waals surface area contributed by atoms with Gasteiger partial charge in [-0.15, -0.1) is 0 Å². The van der Waals surface area contributed by atoms with Crippen molar-refractivity contribution in [2.75, 3.05) is 13.2 Å². The van der Waals surface area contributed by atoms with Crippen LogP contribution in [0.3, 0.4) is 0 Å². The minimum Gasteiger partial charge on any atom is -0.463 e. The quantitative estimate of drug-likeness (QED) is 0.595. The van der Waals surface area contributed by atoms with Gasteiger partial charge in [-0.25, -0.2) is 0 Å². The normalized spacial score (nSPS) is 12.9. The van der Waals surface area contributed by atoms with E-state index in [2.05, 4.69) is 6.92 Å². The molecule has 0 aliphatic carbocycles. The van der Waals surface area contributed by atoms with Crippen LogP contribution in [-0.4, -0.2) is 25.3 Å². The molecule has 0 amide bonds. The van der Waals surface area contributed by atoms with Crippen LogP contribution in [0.5, 0.6) is 0 Å². The number of esters is 1. The molecule has 0 aromatic carbocycles. The molecule has 0 bridgehead atoms. The van der Waals surface area contributed by atoms with Crippen LogP contribution in [0.15, 0.2) is 0 Å². The highest BCUT2D eigenvalue weighted by Gasteiger charge is 2.08. The molecule has 0 spiro atoms. The molecule has 1 unspecified atom stereocenters.